The molecule has 2 unspecified atom stereocenters. The Morgan fingerprint density at radius 2 is 2.00 bits per heavy atom. The Balaban J connectivity index is 4.34. The summed E-state index contributed by atoms with van der Waals surface area (Å²) in [6, 6.07) is 0.272. The molecule has 0 bridgehead atoms. The van der Waals surface area contributed by atoms with Crippen LogP contribution in [0.25, 0.3) is 0 Å². The first-order valence-corrected chi connectivity index (χ1v) is 7.15. The first kappa shape index (κ1) is 19.3. The number of rotatable bonds is 12. The molecule has 0 heterocycles. The molecule has 0 aromatic heterocycles. The summed E-state index contributed by atoms with van der Waals surface area (Å²) in [6.07, 6.45) is 1.66. The van der Waals surface area contributed by atoms with Gasteiger partial charge in [0, 0.05) is 26.8 Å². The summed E-state index contributed by atoms with van der Waals surface area (Å²) in [4.78, 5) is 13.4. The normalized spacial score (nSPS) is 16.1. The van der Waals surface area contributed by atoms with Crippen LogP contribution in [-0.2, 0) is 14.3 Å². The summed E-state index contributed by atoms with van der Waals surface area (Å²) in [5, 5.41) is 9.15. The predicted molar refractivity (Wildman–Crippen MR) is 78.9 cm³/mol. The van der Waals surface area contributed by atoms with Crippen LogP contribution in [0.4, 0.5) is 0 Å². The first-order chi connectivity index (χ1) is 9.41. The zero-order valence-corrected chi connectivity index (χ0v) is 13.2. The van der Waals surface area contributed by atoms with Gasteiger partial charge in [-0.2, -0.15) is 0 Å². The lowest BCUT2D eigenvalue weighted by atomic mass is 9.91. The van der Waals surface area contributed by atoms with E-state index in [-0.39, 0.29) is 6.04 Å². The van der Waals surface area contributed by atoms with E-state index in [1.165, 1.54) is 0 Å². The Bertz CT molecular complexity index is 276. The number of carboxylic acid groups (broad SMARTS) is 1. The van der Waals surface area contributed by atoms with Gasteiger partial charge in [0.15, 0.2) is 0 Å². The second kappa shape index (κ2) is 10.1. The van der Waals surface area contributed by atoms with Gasteiger partial charge >= 0.3 is 5.97 Å². The van der Waals surface area contributed by atoms with Crippen LogP contribution in [0.3, 0.4) is 0 Å². The molecule has 0 radical (unpaired) electrons. The van der Waals surface area contributed by atoms with Gasteiger partial charge in [-0.1, -0.05) is 6.92 Å². The van der Waals surface area contributed by atoms with Crippen LogP contribution in [0.15, 0.2) is 0 Å². The van der Waals surface area contributed by atoms with Crippen molar-refractivity contribution >= 4 is 5.97 Å². The van der Waals surface area contributed by atoms with E-state index in [0.717, 1.165) is 19.5 Å². The summed E-state index contributed by atoms with van der Waals surface area (Å²) >= 11 is 0. The van der Waals surface area contributed by atoms with Crippen molar-refractivity contribution in [1.82, 2.24) is 4.90 Å². The molecule has 0 amide bonds. The molecular weight excluding hydrogens is 260 g/mol. The highest BCUT2D eigenvalue weighted by Gasteiger charge is 2.31. The number of carbonyl (C=O) groups is 1. The summed E-state index contributed by atoms with van der Waals surface area (Å²) in [5.41, 5.74) is 4.78. The standard InChI is InChI=1S/C14H30N2O4/c1-5-14(15,13(17)18)7-6-8-16(9-10-19-3)12(2)11-20-4/h12H,5-11,15H2,1-4H3,(H,17,18). The largest absolute Gasteiger partial charge is 0.480 e. The third-order valence-electron chi connectivity index (χ3n) is 3.74. The highest BCUT2D eigenvalue weighted by Crippen LogP contribution is 2.15. The van der Waals surface area contributed by atoms with Crippen molar-refractivity contribution in [3.8, 4) is 0 Å². The number of ether oxygens (including phenoxy) is 2. The van der Waals surface area contributed by atoms with Gasteiger partial charge < -0.3 is 20.3 Å². The Labute approximate surface area is 122 Å². The molecule has 0 saturated carbocycles. The van der Waals surface area contributed by atoms with Gasteiger partial charge in [0.25, 0.3) is 0 Å². The fourth-order valence-electron chi connectivity index (χ4n) is 2.14. The Hall–Kier alpha value is -0.690. The molecule has 0 fully saturated rings. The predicted octanol–water partition coefficient (Wildman–Crippen LogP) is 0.942. The summed E-state index contributed by atoms with van der Waals surface area (Å²) in [5.74, 6) is -0.923. The number of carboxylic acids is 1. The van der Waals surface area contributed by atoms with Crippen molar-refractivity contribution in [1.29, 1.82) is 0 Å². The van der Waals surface area contributed by atoms with Gasteiger partial charge in [0.2, 0.25) is 0 Å². The highest BCUT2D eigenvalue weighted by molar-refractivity contribution is 5.78. The van der Waals surface area contributed by atoms with Crippen LogP contribution in [0.5, 0.6) is 0 Å². The van der Waals surface area contributed by atoms with Gasteiger partial charge in [-0.15, -0.1) is 0 Å². The lowest BCUT2D eigenvalue weighted by Gasteiger charge is -2.30. The lowest BCUT2D eigenvalue weighted by Crippen LogP contribution is -2.48. The minimum Gasteiger partial charge on any atom is -0.480 e. The molecule has 0 spiro atoms. The van der Waals surface area contributed by atoms with E-state index in [4.69, 9.17) is 20.3 Å². The number of nitrogens with zero attached hydrogens (tertiary/aromatic N) is 1. The molecule has 0 aromatic carbocycles. The van der Waals surface area contributed by atoms with E-state index in [0.29, 0.717) is 26.1 Å². The second-order valence-corrected chi connectivity index (χ2v) is 5.25. The molecule has 0 aliphatic heterocycles. The van der Waals surface area contributed by atoms with Gasteiger partial charge in [-0.3, -0.25) is 9.69 Å². The highest BCUT2D eigenvalue weighted by atomic mass is 16.5. The van der Waals surface area contributed by atoms with Crippen LogP contribution in [-0.4, -0.2) is 68.1 Å². The third kappa shape index (κ3) is 6.65. The maximum atomic E-state index is 11.2. The van der Waals surface area contributed by atoms with Crippen molar-refractivity contribution in [3.63, 3.8) is 0 Å². The third-order valence-corrected chi connectivity index (χ3v) is 3.74. The second-order valence-electron chi connectivity index (χ2n) is 5.25. The van der Waals surface area contributed by atoms with E-state index in [1.807, 2.05) is 6.92 Å². The quantitative estimate of drug-likeness (QED) is 0.556. The average Bonchev–Trinajstić information content (AvgIpc) is 2.42. The zero-order chi connectivity index (χ0) is 15.6. The Kier molecular flexibility index (Phi) is 9.75. The smallest absolute Gasteiger partial charge is 0.323 e. The van der Waals surface area contributed by atoms with Crippen LogP contribution >= 0.6 is 0 Å². The van der Waals surface area contributed by atoms with E-state index in [1.54, 1.807) is 14.2 Å². The Morgan fingerprint density at radius 1 is 1.35 bits per heavy atom. The molecule has 0 aliphatic rings. The summed E-state index contributed by atoms with van der Waals surface area (Å²) < 4.78 is 10.3. The average molecular weight is 290 g/mol. The van der Waals surface area contributed by atoms with E-state index < -0.39 is 11.5 Å². The molecule has 6 nitrogen and oxygen atoms in total. The molecule has 2 atom stereocenters. The van der Waals surface area contributed by atoms with Gasteiger partial charge in [-0.05, 0) is 32.7 Å². The molecule has 0 rings (SSSR count). The lowest BCUT2D eigenvalue weighted by molar-refractivity contribution is -0.143. The van der Waals surface area contributed by atoms with Crippen molar-refractivity contribution in [2.75, 3.05) is 40.5 Å². The molecule has 0 aliphatic carbocycles. The Morgan fingerprint density at radius 3 is 2.45 bits per heavy atom. The number of nitrogens with two attached hydrogens (primary N) is 1. The number of aliphatic carboxylic acids is 1. The van der Waals surface area contributed by atoms with Gasteiger partial charge in [0.1, 0.15) is 5.54 Å². The topological polar surface area (TPSA) is 85.0 Å². The molecule has 3 N–H and O–H groups in total. The molecule has 6 heteroatoms. The molecular formula is C14H30N2O4. The van der Waals surface area contributed by atoms with E-state index in [9.17, 15) is 4.79 Å². The molecule has 20 heavy (non-hydrogen) atoms. The minimum atomic E-state index is -1.11. The SMILES string of the molecule is CCC(N)(CCCN(CCOC)C(C)COC)C(=O)O. The minimum absolute atomic E-state index is 0.272. The number of methoxy groups -OCH3 is 2. The van der Waals surface area contributed by atoms with Crippen LogP contribution in [0.2, 0.25) is 0 Å². The number of hydrogen-bond acceptors (Lipinski definition) is 5. The van der Waals surface area contributed by atoms with Crippen LogP contribution in [0.1, 0.15) is 33.1 Å². The van der Waals surface area contributed by atoms with Gasteiger partial charge in [-0.25, -0.2) is 0 Å². The maximum absolute atomic E-state index is 11.2. The molecule has 0 aromatic rings. The zero-order valence-electron chi connectivity index (χ0n) is 13.2. The summed E-state index contributed by atoms with van der Waals surface area (Å²) in [7, 11) is 3.35. The van der Waals surface area contributed by atoms with Crippen molar-refractivity contribution in [3.05, 3.63) is 0 Å². The molecule has 0 saturated heterocycles. The fourth-order valence-corrected chi connectivity index (χ4v) is 2.14. The monoisotopic (exact) mass is 290 g/mol. The molecule has 120 valence electrons. The van der Waals surface area contributed by atoms with E-state index >= 15 is 0 Å². The first-order valence-electron chi connectivity index (χ1n) is 7.15. The number of hydrogen-bond donors (Lipinski definition) is 2. The van der Waals surface area contributed by atoms with Gasteiger partial charge in [0.05, 0.1) is 13.2 Å². The summed E-state index contributed by atoms with van der Waals surface area (Å²) in [6.45, 7) is 6.78. The fraction of sp³-hybridized carbons (Fsp3) is 0.929. The maximum Gasteiger partial charge on any atom is 0.323 e. The van der Waals surface area contributed by atoms with E-state index in [2.05, 4.69) is 11.8 Å². The van der Waals surface area contributed by atoms with Crippen molar-refractivity contribution in [2.45, 2.75) is 44.7 Å². The van der Waals surface area contributed by atoms with Crippen molar-refractivity contribution in [2.24, 2.45) is 5.73 Å². The van der Waals surface area contributed by atoms with Crippen LogP contribution < -0.4 is 5.73 Å². The van der Waals surface area contributed by atoms with Crippen molar-refractivity contribution < 1.29 is 19.4 Å². The van der Waals surface area contributed by atoms with Crippen LogP contribution in [0, 0.1) is 0 Å².